The Morgan fingerprint density at radius 1 is 0.632 bits per heavy atom. The Hall–Kier alpha value is -4.14. The molecule has 0 heterocycles. The van der Waals surface area contributed by atoms with Crippen LogP contribution in [0.25, 0.3) is 32.7 Å². The van der Waals surface area contributed by atoms with Gasteiger partial charge in [0.05, 0.1) is 11.1 Å². The second-order valence-electron chi connectivity index (χ2n) is 9.28. The Morgan fingerprint density at radius 2 is 1.03 bits per heavy atom. The number of rotatable bonds is 11. The van der Waals surface area contributed by atoms with E-state index in [2.05, 4.69) is 0 Å². The lowest BCUT2D eigenvalue weighted by Crippen LogP contribution is -2.10. The number of hydrogen-bond acceptors (Lipinski definition) is 8. The first-order valence-electron chi connectivity index (χ1n) is 12.0. The fourth-order valence-corrected chi connectivity index (χ4v) is 4.55. The number of methoxy groups -OCH3 is 2. The summed E-state index contributed by atoms with van der Waals surface area (Å²) in [5, 5.41) is 3.33. The Balaban J connectivity index is 2.28. The second kappa shape index (κ2) is 11.5. The van der Waals surface area contributed by atoms with Crippen LogP contribution in [0.4, 0.5) is 11.4 Å². The number of hydrogen-bond donors (Lipinski definition) is 0. The van der Waals surface area contributed by atoms with Gasteiger partial charge in [-0.1, -0.05) is 12.1 Å². The van der Waals surface area contributed by atoms with Crippen LogP contribution in [0.5, 0.6) is 11.5 Å². The molecule has 0 radical (unpaired) electrons. The van der Waals surface area contributed by atoms with Crippen LogP contribution >= 0.6 is 0 Å². The predicted molar refractivity (Wildman–Crippen MR) is 151 cm³/mol. The SMILES string of the molecule is COCOc1c(C=O)cc2ccc(N(C)C)cc2c1-c1c(OCOC)c(C=O)cc2ccc(N(C)C)cc12. The lowest BCUT2D eigenvalue weighted by molar-refractivity contribution is 0.0495. The molecule has 8 nitrogen and oxygen atoms in total. The number of benzene rings is 4. The molecule has 0 aromatic heterocycles. The fourth-order valence-electron chi connectivity index (χ4n) is 4.55. The van der Waals surface area contributed by atoms with E-state index in [-0.39, 0.29) is 13.6 Å². The average Bonchev–Trinajstić information content (AvgIpc) is 2.92. The maximum atomic E-state index is 12.3. The summed E-state index contributed by atoms with van der Waals surface area (Å²) in [5.41, 5.74) is 3.88. The standard InChI is InChI=1S/C30H32N2O6/c1-31(2)23-9-7-19-11-21(15-33)29(37-17-35-5)27(25(19)13-23)28-26-14-24(32(3)4)10-8-20(26)12-22(16-34)30(28)38-18-36-6/h7-16H,17-18H2,1-6H3. The summed E-state index contributed by atoms with van der Waals surface area (Å²) in [6.07, 6.45) is 1.53. The molecule has 0 saturated carbocycles. The largest absolute Gasteiger partial charge is 0.466 e. The first-order chi connectivity index (χ1) is 18.3. The molecule has 38 heavy (non-hydrogen) atoms. The van der Waals surface area contributed by atoms with Crippen molar-refractivity contribution >= 4 is 45.5 Å². The Kier molecular flexibility index (Phi) is 8.14. The Morgan fingerprint density at radius 3 is 1.34 bits per heavy atom. The van der Waals surface area contributed by atoms with Crippen LogP contribution in [0, 0.1) is 0 Å². The number of fused-ring (bicyclic) bond motifs is 2. The monoisotopic (exact) mass is 516 g/mol. The lowest BCUT2D eigenvalue weighted by Gasteiger charge is -2.23. The third-order valence-electron chi connectivity index (χ3n) is 6.39. The van der Waals surface area contributed by atoms with Gasteiger partial charge in [-0.05, 0) is 57.9 Å². The topological polar surface area (TPSA) is 77.5 Å². The van der Waals surface area contributed by atoms with Crippen molar-refractivity contribution in [3.05, 3.63) is 59.7 Å². The molecular formula is C30H32N2O6. The number of ether oxygens (including phenoxy) is 4. The van der Waals surface area contributed by atoms with Gasteiger partial charge in [0.2, 0.25) is 0 Å². The maximum absolute atomic E-state index is 12.3. The Bertz CT molecular complexity index is 1380. The van der Waals surface area contributed by atoms with Crippen LogP contribution in [0.1, 0.15) is 20.7 Å². The van der Waals surface area contributed by atoms with E-state index in [0.29, 0.717) is 33.8 Å². The van der Waals surface area contributed by atoms with Gasteiger partial charge in [-0.25, -0.2) is 0 Å². The first-order valence-corrected chi connectivity index (χ1v) is 12.0. The molecule has 4 rings (SSSR count). The maximum Gasteiger partial charge on any atom is 0.188 e. The minimum Gasteiger partial charge on any atom is -0.466 e. The van der Waals surface area contributed by atoms with Crippen molar-refractivity contribution in [2.75, 3.05) is 65.8 Å². The molecular weight excluding hydrogens is 484 g/mol. The Labute approximate surface area is 222 Å². The van der Waals surface area contributed by atoms with Crippen LogP contribution in [0.2, 0.25) is 0 Å². The molecule has 4 aromatic carbocycles. The third-order valence-corrected chi connectivity index (χ3v) is 6.39. The van der Waals surface area contributed by atoms with E-state index in [1.54, 1.807) is 12.1 Å². The molecule has 0 saturated heterocycles. The molecule has 0 fully saturated rings. The van der Waals surface area contributed by atoms with Crippen LogP contribution in [0.15, 0.2) is 48.5 Å². The highest BCUT2D eigenvalue weighted by molar-refractivity contribution is 6.15. The summed E-state index contributed by atoms with van der Waals surface area (Å²) in [7, 11) is 10.9. The summed E-state index contributed by atoms with van der Waals surface area (Å²) in [6, 6.07) is 15.6. The highest BCUT2D eigenvalue weighted by Crippen LogP contribution is 2.49. The van der Waals surface area contributed by atoms with Gasteiger partial charge in [0.25, 0.3) is 0 Å². The summed E-state index contributed by atoms with van der Waals surface area (Å²) in [5.74, 6) is 0.680. The van der Waals surface area contributed by atoms with E-state index >= 15 is 0 Å². The first kappa shape index (κ1) is 26.9. The predicted octanol–water partition coefficient (Wildman–Crippen LogP) is 5.38. The molecule has 0 bridgehead atoms. The van der Waals surface area contributed by atoms with Crippen molar-refractivity contribution in [3.8, 4) is 22.6 Å². The number of carbonyl (C=O) groups is 2. The van der Waals surface area contributed by atoms with Gasteiger partial charge in [-0.2, -0.15) is 0 Å². The quantitative estimate of drug-likeness (QED) is 0.194. The molecule has 0 aliphatic heterocycles. The molecule has 0 N–H and O–H groups in total. The van der Waals surface area contributed by atoms with Crippen molar-refractivity contribution in [3.63, 3.8) is 0 Å². The number of anilines is 2. The highest BCUT2D eigenvalue weighted by atomic mass is 16.7. The van der Waals surface area contributed by atoms with Crippen LogP contribution in [-0.4, -0.2) is 68.6 Å². The molecule has 0 amide bonds. The smallest absolute Gasteiger partial charge is 0.188 e. The van der Waals surface area contributed by atoms with E-state index in [4.69, 9.17) is 18.9 Å². The van der Waals surface area contributed by atoms with Gasteiger partial charge in [0.15, 0.2) is 26.2 Å². The van der Waals surface area contributed by atoms with Crippen LogP contribution in [0.3, 0.4) is 0 Å². The van der Waals surface area contributed by atoms with Crippen molar-refractivity contribution in [2.45, 2.75) is 0 Å². The third kappa shape index (κ3) is 5.01. The summed E-state index contributed by atoms with van der Waals surface area (Å²) < 4.78 is 22.6. The van der Waals surface area contributed by atoms with Crippen molar-refractivity contribution < 1.29 is 28.5 Å². The normalized spacial score (nSPS) is 11.0. The molecule has 0 unspecified atom stereocenters. The molecule has 8 heteroatoms. The van der Waals surface area contributed by atoms with Gasteiger partial charge in [-0.3, -0.25) is 9.59 Å². The van der Waals surface area contributed by atoms with E-state index in [9.17, 15) is 9.59 Å². The van der Waals surface area contributed by atoms with Crippen molar-refractivity contribution in [2.24, 2.45) is 0 Å². The van der Waals surface area contributed by atoms with E-state index in [1.807, 2.05) is 74.4 Å². The highest BCUT2D eigenvalue weighted by Gasteiger charge is 2.25. The van der Waals surface area contributed by atoms with Crippen molar-refractivity contribution in [1.82, 2.24) is 0 Å². The van der Waals surface area contributed by atoms with E-state index in [0.717, 1.165) is 45.5 Å². The van der Waals surface area contributed by atoms with E-state index in [1.165, 1.54) is 14.2 Å². The average molecular weight is 517 g/mol. The molecule has 4 aromatic rings. The molecule has 0 aliphatic carbocycles. The fraction of sp³-hybridized carbons (Fsp3) is 0.267. The van der Waals surface area contributed by atoms with E-state index < -0.39 is 0 Å². The lowest BCUT2D eigenvalue weighted by atomic mass is 9.88. The molecule has 0 atom stereocenters. The summed E-state index contributed by atoms with van der Waals surface area (Å²) in [4.78, 5) is 28.7. The molecule has 0 aliphatic rings. The second-order valence-corrected chi connectivity index (χ2v) is 9.28. The van der Waals surface area contributed by atoms with Crippen LogP contribution < -0.4 is 19.3 Å². The van der Waals surface area contributed by atoms with Crippen molar-refractivity contribution in [1.29, 1.82) is 0 Å². The number of aldehydes is 2. The minimum atomic E-state index is -0.0742. The summed E-state index contributed by atoms with van der Waals surface area (Å²) >= 11 is 0. The zero-order valence-corrected chi connectivity index (χ0v) is 22.5. The number of nitrogens with zero attached hydrogens (tertiary/aromatic N) is 2. The zero-order valence-electron chi connectivity index (χ0n) is 22.5. The number of carbonyl (C=O) groups excluding carboxylic acids is 2. The molecule has 198 valence electrons. The van der Waals surface area contributed by atoms with Gasteiger partial charge >= 0.3 is 0 Å². The van der Waals surface area contributed by atoms with Crippen LogP contribution in [-0.2, 0) is 9.47 Å². The van der Waals surface area contributed by atoms with Gasteiger partial charge in [-0.15, -0.1) is 0 Å². The van der Waals surface area contributed by atoms with Gasteiger partial charge in [0, 0.05) is 64.9 Å². The summed E-state index contributed by atoms with van der Waals surface area (Å²) in [6.45, 7) is -0.148. The molecule has 0 spiro atoms. The van der Waals surface area contributed by atoms with Gasteiger partial charge in [0.1, 0.15) is 11.5 Å². The minimum absolute atomic E-state index is 0.0742. The zero-order chi connectivity index (χ0) is 27.4. The van der Waals surface area contributed by atoms with Gasteiger partial charge < -0.3 is 28.7 Å².